The minimum absolute atomic E-state index is 0.00390. The first-order valence-electron chi connectivity index (χ1n) is 11.3. The number of aliphatic hydroxyl groups excluding tert-OH is 1. The van der Waals surface area contributed by atoms with Gasteiger partial charge < -0.3 is 24.1 Å². The predicted octanol–water partition coefficient (Wildman–Crippen LogP) is 4.40. The molecule has 0 aliphatic carbocycles. The molecule has 0 spiro atoms. The second-order valence-electron chi connectivity index (χ2n) is 8.34. The zero-order valence-electron chi connectivity index (χ0n) is 19.1. The number of esters is 1. The molecule has 1 fully saturated rings. The molecule has 1 N–H and O–H groups in total. The van der Waals surface area contributed by atoms with E-state index in [-0.39, 0.29) is 37.0 Å². The lowest BCUT2D eigenvalue weighted by molar-refractivity contribution is -0.159. The Kier molecular flexibility index (Phi) is 11.2. The number of hydrogen-bond acceptors (Lipinski definition) is 6. The molecule has 0 amide bonds. The summed E-state index contributed by atoms with van der Waals surface area (Å²) >= 11 is 0. The van der Waals surface area contributed by atoms with Crippen molar-refractivity contribution in [2.24, 2.45) is 5.92 Å². The maximum atomic E-state index is 12.7. The van der Waals surface area contributed by atoms with Crippen LogP contribution >= 0.6 is 0 Å². The average molecular weight is 435 g/mol. The summed E-state index contributed by atoms with van der Waals surface area (Å²) in [6.45, 7) is 10.1. The molecule has 6 heteroatoms. The first-order chi connectivity index (χ1) is 14.9. The molecule has 1 aromatic rings. The van der Waals surface area contributed by atoms with E-state index in [9.17, 15) is 9.90 Å². The second-order valence-corrected chi connectivity index (χ2v) is 8.34. The van der Waals surface area contributed by atoms with Crippen LogP contribution in [0, 0.1) is 5.92 Å². The third-order valence-electron chi connectivity index (χ3n) is 5.65. The average Bonchev–Trinajstić information content (AvgIpc) is 3.22. The van der Waals surface area contributed by atoms with Crippen molar-refractivity contribution in [1.29, 1.82) is 0 Å². The van der Waals surface area contributed by atoms with Gasteiger partial charge >= 0.3 is 5.97 Å². The molecule has 0 unspecified atom stereocenters. The molecule has 1 saturated heterocycles. The van der Waals surface area contributed by atoms with Crippen molar-refractivity contribution in [3.05, 3.63) is 48.6 Å². The molecule has 174 valence electrons. The number of hydrogen-bond donors (Lipinski definition) is 1. The van der Waals surface area contributed by atoms with Gasteiger partial charge in [-0.05, 0) is 45.1 Å². The molecule has 0 saturated carbocycles. The summed E-state index contributed by atoms with van der Waals surface area (Å²) in [6, 6.07) is 9.93. The van der Waals surface area contributed by atoms with E-state index in [1.807, 2.05) is 44.2 Å². The fourth-order valence-corrected chi connectivity index (χ4v) is 3.75. The lowest BCUT2D eigenvalue weighted by Gasteiger charge is -2.24. The van der Waals surface area contributed by atoms with Crippen molar-refractivity contribution in [3.63, 3.8) is 0 Å². The molecule has 1 aliphatic rings. The molecular weight excluding hydrogens is 396 g/mol. The summed E-state index contributed by atoms with van der Waals surface area (Å²) < 4.78 is 23.1. The van der Waals surface area contributed by atoms with Gasteiger partial charge in [0.15, 0.2) is 0 Å². The van der Waals surface area contributed by atoms with Gasteiger partial charge in [0.05, 0.1) is 36.9 Å². The maximum Gasteiger partial charge on any atom is 0.311 e. The van der Waals surface area contributed by atoms with Crippen LogP contribution in [0.25, 0.3) is 0 Å². The van der Waals surface area contributed by atoms with E-state index in [1.165, 1.54) is 0 Å². The maximum absolute atomic E-state index is 12.7. The lowest BCUT2D eigenvalue weighted by Crippen LogP contribution is -2.32. The van der Waals surface area contributed by atoms with E-state index in [1.54, 1.807) is 13.0 Å². The van der Waals surface area contributed by atoms with Crippen LogP contribution in [0.5, 0.6) is 0 Å². The van der Waals surface area contributed by atoms with Crippen molar-refractivity contribution < 1.29 is 28.8 Å². The van der Waals surface area contributed by atoms with E-state index in [0.717, 1.165) is 24.8 Å². The number of ether oxygens (including phenoxy) is 4. The Morgan fingerprint density at radius 3 is 2.68 bits per heavy atom. The Morgan fingerprint density at radius 2 is 2.03 bits per heavy atom. The molecule has 0 radical (unpaired) electrons. The summed E-state index contributed by atoms with van der Waals surface area (Å²) in [5, 5.41) is 9.54. The van der Waals surface area contributed by atoms with Crippen molar-refractivity contribution >= 4 is 5.97 Å². The van der Waals surface area contributed by atoms with Gasteiger partial charge in [0, 0.05) is 6.42 Å². The monoisotopic (exact) mass is 434 g/mol. The fourth-order valence-electron chi connectivity index (χ4n) is 3.75. The molecule has 1 heterocycles. The standard InChI is InChI=1S/C25H38O6/c1-5-21(29-17-28-16-20-10-8-7-9-11-20)15-22(6-2)31-25(27)19(4)24-13-12-23(30-24)14-18(3)26/h6-11,18-19,21-24,26H,2,5,12-17H2,1,3-4H3/t18-,19-,21+,22-,23+,24-/m0/s1. The molecule has 6 atom stereocenters. The molecule has 0 aromatic heterocycles. The summed E-state index contributed by atoms with van der Waals surface area (Å²) in [5.41, 5.74) is 1.09. The lowest BCUT2D eigenvalue weighted by atomic mass is 10.0. The summed E-state index contributed by atoms with van der Waals surface area (Å²) in [7, 11) is 0. The third kappa shape index (κ3) is 9.11. The summed E-state index contributed by atoms with van der Waals surface area (Å²) in [4.78, 5) is 12.7. The van der Waals surface area contributed by atoms with Crippen LogP contribution in [0.4, 0.5) is 0 Å². The smallest absolute Gasteiger partial charge is 0.311 e. The molecule has 6 nitrogen and oxygen atoms in total. The molecular formula is C25H38O6. The van der Waals surface area contributed by atoms with Crippen molar-refractivity contribution in [2.75, 3.05) is 6.79 Å². The minimum Gasteiger partial charge on any atom is -0.458 e. The van der Waals surface area contributed by atoms with Gasteiger partial charge in [0.1, 0.15) is 12.9 Å². The SMILES string of the molecule is C=C[C@@H](C[C@@H](CC)OCOCc1ccccc1)OC(=O)[C@@H](C)[C@@H]1CC[C@H](C[C@H](C)O)O1. The Balaban J connectivity index is 1.73. The van der Waals surface area contributed by atoms with Crippen LogP contribution in [0.3, 0.4) is 0 Å². The van der Waals surface area contributed by atoms with Crippen LogP contribution in [0.1, 0.15) is 58.4 Å². The van der Waals surface area contributed by atoms with Gasteiger partial charge in [-0.2, -0.15) is 0 Å². The largest absolute Gasteiger partial charge is 0.458 e. The summed E-state index contributed by atoms with van der Waals surface area (Å²) in [6.07, 6.45) is 4.10. The topological polar surface area (TPSA) is 74.2 Å². The van der Waals surface area contributed by atoms with Gasteiger partial charge in [0.25, 0.3) is 0 Å². The first-order valence-corrected chi connectivity index (χ1v) is 11.3. The van der Waals surface area contributed by atoms with Gasteiger partial charge in [-0.1, -0.05) is 49.9 Å². The molecule has 1 aliphatic heterocycles. The van der Waals surface area contributed by atoms with E-state index in [4.69, 9.17) is 18.9 Å². The fraction of sp³-hybridized carbons (Fsp3) is 0.640. The Labute approximate surface area is 186 Å². The Hall–Kier alpha value is -1.73. The van der Waals surface area contributed by atoms with E-state index in [0.29, 0.717) is 19.4 Å². The highest BCUT2D eigenvalue weighted by molar-refractivity contribution is 5.73. The molecule has 0 bridgehead atoms. The van der Waals surface area contributed by atoms with E-state index in [2.05, 4.69) is 6.58 Å². The van der Waals surface area contributed by atoms with Gasteiger partial charge in [-0.15, -0.1) is 0 Å². The predicted molar refractivity (Wildman–Crippen MR) is 119 cm³/mol. The number of carbonyl (C=O) groups is 1. The van der Waals surface area contributed by atoms with Crippen molar-refractivity contribution in [3.8, 4) is 0 Å². The number of rotatable bonds is 14. The first kappa shape index (κ1) is 25.5. The van der Waals surface area contributed by atoms with Crippen LogP contribution in [0.2, 0.25) is 0 Å². The zero-order valence-corrected chi connectivity index (χ0v) is 19.1. The van der Waals surface area contributed by atoms with Crippen LogP contribution in [0.15, 0.2) is 43.0 Å². The normalized spacial score (nSPS) is 22.5. The van der Waals surface area contributed by atoms with Crippen LogP contribution < -0.4 is 0 Å². The number of carbonyl (C=O) groups excluding carboxylic acids is 1. The third-order valence-corrected chi connectivity index (χ3v) is 5.65. The number of aliphatic hydroxyl groups is 1. The molecule has 2 rings (SSSR count). The number of benzene rings is 1. The Bertz CT molecular complexity index is 647. The van der Waals surface area contributed by atoms with Crippen molar-refractivity contribution in [1.82, 2.24) is 0 Å². The highest BCUT2D eigenvalue weighted by atomic mass is 16.7. The quantitative estimate of drug-likeness (QED) is 0.202. The van der Waals surface area contributed by atoms with E-state index < -0.39 is 12.2 Å². The van der Waals surface area contributed by atoms with Crippen LogP contribution in [-0.2, 0) is 30.3 Å². The second kappa shape index (κ2) is 13.6. The minimum atomic E-state index is -0.427. The van der Waals surface area contributed by atoms with E-state index >= 15 is 0 Å². The highest BCUT2D eigenvalue weighted by Crippen LogP contribution is 2.29. The van der Waals surface area contributed by atoms with Crippen LogP contribution in [-0.4, -0.2) is 48.4 Å². The highest BCUT2D eigenvalue weighted by Gasteiger charge is 2.35. The van der Waals surface area contributed by atoms with Crippen molar-refractivity contribution in [2.45, 2.75) is 90.0 Å². The zero-order chi connectivity index (χ0) is 22.6. The summed E-state index contributed by atoms with van der Waals surface area (Å²) in [5.74, 6) is -0.653. The van der Waals surface area contributed by atoms with Gasteiger partial charge in [0.2, 0.25) is 0 Å². The van der Waals surface area contributed by atoms with Gasteiger partial charge in [-0.3, -0.25) is 4.79 Å². The molecule has 31 heavy (non-hydrogen) atoms. The van der Waals surface area contributed by atoms with Gasteiger partial charge in [-0.25, -0.2) is 0 Å². The molecule has 1 aromatic carbocycles. The Morgan fingerprint density at radius 1 is 1.29 bits per heavy atom.